The summed E-state index contributed by atoms with van der Waals surface area (Å²) in [7, 11) is 0. The number of piperazine rings is 1. The van der Waals surface area contributed by atoms with Gasteiger partial charge in [-0.25, -0.2) is 4.39 Å². The van der Waals surface area contributed by atoms with Crippen LogP contribution >= 0.6 is 15.9 Å². The molecule has 0 atom stereocenters. The van der Waals surface area contributed by atoms with E-state index in [9.17, 15) is 17.6 Å². The quantitative estimate of drug-likeness (QED) is 0.768. The molecule has 1 aromatic rings. The van der Waals surface area contributed by atoms with Crippen molar-refractivity contribution in [3.63, 3.8) is 0 Å². The highest BCUT2D eigenvalue weighted by molar-refractivity contribution is 9.10. The van der Waals surface area contributed by atoms with Crippen molar-refractivity contribution in [1.29, 1.82) is 0 Å². The van der Waals surface area contributed by atoms with Gasteiger partial charge in [0.25, 0.3) is 0 Å². The van der Waals surface area contributed by atoms with Gasteiger partial charge in [0.15, 0.2) is 0 Å². The van der Waals surface area contributed by atoms with Gasteiger partial charge in [-0.1, -0.05) is 15.9 Å². The van der Waals surface area contributed by atoms with Gasteiger partial charge in [0.05, 0.1) is 6.54 Å². The molecular weight excluding hydrogens is 340 g/mol. The zero-order chi connectivity index (χ0) is 14.8. The normalized spacial score (nSPS) is 18.4. The SMILES string of the molecule is Fc1cc(Br)cc(CN2CCN(CC(F)(F)F)CC2)c1. The first-order valence-electron chi connectivity index (χ1n) is 6.28. The molecule has 20 heavy (non-hydrogen) atoms. The van der Waals surface area contributed by atoms with Crippen LogP contribution < -0.4 is 0 Å². The number of benzene rings is 1. The zero-order valence-corrected chi connectivity index (χ0v) is 12.3. The molecule has 0 saturated carbocycles. The van der Waals surface area contributed by atoms with Crippen molar-refractivity contribution in [3.05, 3.63) is 34.1 Å². The maximum atomic E-state index is 13.2. The Morgan fingerprint density at radius 2 is 1.60 bits per heavy atom. The number of halogens is 5. The Hall–Kier alpha value is -0.660. The molecule has 1 aliphatic heterocycles. The van der Waals surface area contributed by atoms with Crippen molar-refractivity contribution in [2.75, 3.05) is 32.7 Å². The van der Waals surface area contributed by atoms with Gasteiger partial charge in [-0.05, 0) is 23.8 Å². The van der Waals surface area contributed by atoms with Crippen LogP contribution in [0.4, 0.5) is 17.6 Å². The second-order valence-electron chi connectivity index (χ2n) is 4.95. The Morgan fingerprint density at radius 3 is 2.15 bits per heavy atom. The molecule has 0 N–H and O–H groups in total. The molecule has 1 heterocycles. The van der Waals surface area contributed by atoms with Gasteiger partial charge in [-0.15, -0.1) is 0 Å². The van der Waals surface area contributed by atoms with E-state index >= 15 is 0 Å². The highest BCUT2D eigenvalue weighted by Crippen LogP contribution is 2.19. The summed E-state index contributed by atoms with van der Waals surface area (Å²) in [5, 5.41) is 0. The Balaban J connectivity index is 1.85. The molecule has 1 fully saturated rings. The van der Waals surface area contributed by atoms with E-state index in [-0.39, 0.29) is 5.82 Å². The van der Waals surface area contributed by atoms with Gasteiger partial charge in [0.2, 0.25) is 0 Å². The number of hydrogen-bond donors (Lipinski definition) is 0. The van der Waals surface area contributed by atoms with E-state index in [4.69, 9.17) is 0 Å². The number of hydrogen-bond acceptors (Lipinski definition) is 2. The largest absolute Gasteiger partial charge is 0.401 e. The minimum atomic E-state index is -4.14. The molecule has 0 aromatic heterocycles. The molecule has 2 rings (SSSR count). The van der Waals surface area contributed by atoms with Gasteiger partial charge in [0, 0.05) is 37.2 Å². The molecule has 1 aromatic carbocycles. The van der Waals surface area contributed by atoms with E-state index in [0.717, 1.165) is 5.56 Å². The third kappa shape index (κ3) is 5.03. The molecule has 1 aliphatic rings. The van der Waals surface area contributed by atoms with Crippen molar-refractivity contribution < 1.29 is 17.6 Å². The van der Waals surface area contributed by atoms with Crippen LogP contribution in [0, 0.1) is 5.82 Å². The minimum Gasteiger partial charge on any atom is -0.297 e. The standard InChI is InChI=1S/C13H15BrF4N2/c14-11-5-10(6-12(15)7-11)8-19-1-3-20(4-2-19)9-13(16,17)18/h5-7H,1-4,8-9H2. The van der Waals surface area contributed by atoms with Crippen molar-refractivity contribution >= 4 is 15.9 Å². The van der Waals surface area contributed by atoms with E-state index < -0.39 is 12.7 Å². The van der Waals surface area contributed by atoms with E-state index in [0.29, 0.717) is 37.2 Å². The minimum absolute atomic E-state index is 0.315. The molecule has 0 aliphatic carbocycles. The smallest absolute Gasteiger partial charge is 0.297 e. The average Bonchev–Trinajstić information content (AvgIpc) is 2.28. The third-order valence-corrected chi connectivity index (χ3v) is 3.65. The van der Waals surface area contributed by atoms with Crippen LogP contribution in [0.2, 0.25) is 0 Å². The maximum Gasteiger partial charge on any atom is 0.401 e. The number of rotatable bonds is 3. The maximum absolute atomic E-state index is 13.2. The second-order valence-corrected chi connectivity index (χ2v) is 5.86. The van der Waals surface area contributed by atoms with Crippen molar-refractivity contribution in [1.82, 2.24) is 9.80 Å². The molecule has 0 radical (unpaired) electrons. The first kappa shape index (κ1) is 15.7. The lowest BCUT2D eigenvalue weighted by Crippen LogP contribution is -2.48. The molecular formula is C13H15BrF4N2. The van der Waals surface area contributed by atoms with Crippen LogP contribution in [0.5, 0.6) is 0 Å². The van der Waals surface area contributed by atoms with Gasteiger partial charge < -0.3 is 0 Å². The highest BCUT2D eigenvalue weighted by atomic mass is 79.9. The van der Waals surface area contributed by atoms with Crippen LogP contribution in [0.15, 0.2) is 22.7 Å². The van der Waals surface area contributed by atoms with Gasteiger partial charge >= 0.3 is 6.18 Å². The first-order chi connectivity index (χ1) is 9.32. The summed E-state index contributed by atoms with van der Waals surface area (Å²) in [5.74, 6) is -0.315. The summed E-state index contributed by atoms with van der Waals surface area (Å²) in [6, 6.07) is 4.66. The van der Waals surface area contributed by atoms with E-state index in [2.05, 4.69) is 15.9 Å². The van der Waals surface area contributed by atoms with Crippen LogP contribution in [-0.2, 0) is 6.54 Å². The lowest BCUT2D eigenvalue weighted by Gasteiger charge is -2.35. The van der Waals surface area contributed by atoms with Crippen LogP contribution in [-0.4, -0.2) is 48.7 Å². The predicted molar refractivity (Wildman–Crippen MR) is 71.9 cm³/mol. The van der Waals surface area contributed by atoms with Crippen molar-refractivity contribution in [2.45, 2.75) is 12.7 Å². The average molecular weight is 355 g/mol. The fourth-order valence-electron chi connectivity index (χ4n) is 2.32. The molecule has 0 bridgehead atoms. The Kier molecular flexibility index (Phi) is 5.04. The Bertz CT molecular complexity index is 436. The molecule has 7 heteroatoms. The molecule has 2 nitrogen and oxygen atoms in total. The predicted octanol–water partition coefficient (Wildman–Crippen LogP) is 3.27. The summed E-state index contributed by atoms with van der Waals surface area (Å²) in [6.45, 7) is 1.59. The van der Waals surface area contributed by atoms with Gasteiger partial charge in [-0.2, -0.15) is 13.2 Å². The lowest BCUT2D eigenvalue weighted by molar-refractivity contribution is -0.149. The van der Waals surface area contributed by atoms with E-state index in [1.807, 2.05) is 11.0 Å². The second kappa shape index (κ2) is 6.41. The van der Waals surface area contributed by atoms with Crippen molar-refractivity contribution in [2.24, 2.45) is 0 Å². The lowest BCUT2D eigenvalue weighted by atomic mass is 10.2. The molecule has 1 saturated heterocycles. The monoisotopic (exact) mass is 354 g/mol. The number of alkyl halides is 3. The fourth-order valence-corrected chi connectivity index (χ4v) is 2.83. The van der Waals surface area contributed by atoms with E-state index in [1.54, 1.807) is 0 Å². The zero-order valence-electron chi connectivity index (χ0n) is 10.8. The van der Waals surface area contributed by atoms with Crippen LogP contribution in [0.25, 0.3) is 0 Å². The van der Waals surface area contributed by atoms with E-state index in [1.165, 1.54) is 17.0 Å². The summed E-state index contributed by atoms with van der Waals surface area (Å²) in [5.41, 5.74) is 0.821. The summed E-state index contributed by atoms with van der Waals surface area (Å²) in [4.78, 5) is 3.44. The fraction of sp³-hybridized carbons (Fsp3) is 0.538. The molecule has 0 unspecified atom stereocenters. The van der Waals surface area contributed by atoms with Crippen LogP contribution in [0.3, 0.4) is 0 Å². The Morgan fingerprint density at radius 1 is 1.00 bits per heavy atom. The van der Waals surface area contributed by atoms with Crippen molar-refractivity contribution in [3.8, 4) is 0 Å². The van der Waals surface area contributed by atoms with Crippen LogP contribution in [0.1, 0.15) is 5.56 Å². The molecule has 0 spiro atoms. The number of nitrogens with zero attached hydrogens (tertiary/aromatic N) is 2. The topological polar surface area (TPSA) is 6.48 Å². The third-order valence-electron chi connectivity index (χ3n) is 3.20. The summed E-state index contributed by atoms with van der Waals surface area (Å²) in [6.07, 6.45) is -4.14. The van der Waals surface area contributed by atoms with Gasteiger partial charge in [-0.3, -0.25) is 9.80 Å². The highest BCUT2D eigenvalue weighted by Gasteiger charge is 2.32. The Labute approximate surface area is 123 Å². The van der Waals surface area contributed by atoms with Gasteiger partial charge in [0.1, 0.15) is 5.82 Å². The molecule has 112 valence electrons. The molecule has 0 amide bonds. The summed E-state index contributed by atoms with van der Waals surface area (Å²) < 4.78 is 50.7. The summed E-state index contributed by atoms with van der Waals surface area (Å²) >= 11 is 3.23. The first-order valence-corrected chi connectivity index (χ1v) is 7.07.